The minimum atomic E-state index is 0.0942. The average Bonchev–Trinajstić information content (AvgIpc) is 2.93. The van der Waals surface area contributed by atoms with E-state index in [1.54, 1.807) is 5.51 Å². The van der Waals surface area contributed by atoms with E-state index in [9.17, 15) is 0 Å². The van der Waals surface area contributed by atoms with Crippen LogP contribution in [0.15, 0.2) is 29.8 Å². The molecule has 1 aromatic carbocycles. The number of hydrogen-bond acceptors (Lipinski definition) is 6. The maximum absolute atomic E-state index is 5.71. The Morgan fingerprint density at radius 3 is 3.22 bits per heavy atom. The van der Waals surface area contributed by atoms with E-state index in [-0.39, 0.29) is 6.10 Å². The van der Waals surface area contributed by atoms with Gasteiger partial charge in [0.15, 0.2) is 0 Å². The predicted molar refractivity (Wildman–Crippen MR) is 68.0 cm³/mol. The minimum Gasteiger partial charge on any atom is -0.430 e. The van der Waals surface area contributed by atoms with Gasteiger partial charge in [-0.3, -0.25) is 0 Å². The van der Waals surface area contributed by atoms with Crippen molar-refractivity contribution in [2.75, 3.05) is 19.7 Å². The molecule has 0 radical (unpaired) electrons. The molecule has 1 aliphatic rings. The monoisotopic (exact) mass is 263 g/mol. The third kappa shape index (κ3) is 2.66. The van der Waals surface area contributed by atoms with Gasteiger partial charge >= 0.3 is 0 Å². The number of ether oxygens (including phenoxy) is 2. The van der Waals surface area contributed by atoms with Crippen LogP contribution in [0.2, 0.25) is 0 Å². The van der Waals surface area contributed by atoms with Crippen LogP contribution in [0.4, 0.5) is 0 Å². The second-order valence-electron chi connectivity index (χ2n) is 3.94. The lowest BCUT2D eigenvalue weighted by atomic mass is 10.1. The van der Waals surface area contributed by atoms with Gasteiger partial charge in [0.05, 0.1) is 12.7 Å². The topological polar surface area (TPSA) is 56.3 Å². The Morgan fingerprint density at radius 1 is 1.44 bits per heavy atom. The molecule has 1 aliphatic heterocycles. The van der Waals surface area contributed by atoms with Gasteiger partial charge in [-0.1, -0.05) is 28.6 Å². The normalized spacial score (nSPS) is 19.7. The summed E-state index contributed by atoms with van der Waals surface area (Å²) in [4.78, 5) is 0. The fourth-order valence-electron chi connectivity index (χ4n) is 1.87. The Labute approximate surface area is 109 Å². The zero-order chi connectivity index (χ0) is 12.2. The summed E-state index contributed by atoms with van der Waals surface area (Å²) in [6.45, 7) is 2.49. The van der Waals surface area contributed by atoms with Crippen LogP contribution in [0.5, 0.6) is 10.9 Å². The van der Waals surface area contributed by atoms with E-state index >= 15 is 0 Å². The molecule has 2 aromatic rings. The lowest BCUT2D eigenvalue weighted by Crippen LogP contribution is -2.33. The Bertz CT molecular complexity index is 498. The molecule has 94 valence electrons. The van der Waals surface area contributed by atoms with E-state index in [0.29, 0.717) is 5.19 Å². The third-order valence-corrected chi connectivity index (χ3v) is 3.27. The van der Waals surface area contributed by atoms with Crippen LogP contribution < -0.4 is 10.1 Å². The van der Waals surface area contributed by atoms with Crippen LogP contribution in [0.1, 0.15) is 11.7 Å². The Morgan fingerprint density at radius 2 is 2.44 bits per heavy atom. The van der Waals surface area contributed by atoms with Gasteiger partial charge in [-0.25, -0.2) is 0 Å². The van der Waals surface area contributed by atoms with Crippen molar-refractivity contribution >= 4 is 11.3 Å². The molecule has 0 bridgehead atoms. The molecule has 1 N–H and O–H groups in total. The molecule has 1 fully saturated rings. The lowest BCUT2D eigenvalue weighted by molar-refractivity contribution is 0.0276. The molecular formula is C12H13N3O2S. The van der Waals surface area contributed by atoms with E-state index in [2.05, 4.69) is 15.5 Å². The average molecular weight is 263 g/mol. The van der Waals surface area contributed by atoms with E-state index in [0.717, 1.165) is 31.0 Å². The van der Waals surface area contributed by atoms with Crippen LogP contribution in [-0.4, -0.2) is 29.9 Å². The summed E-state index contributed by atoms with van der Waals surface area (Å²) in [5.74, 6) is 0.762. The molecule has 0 aliphatic carbocycles. The first-order valence-corrected chi connectivity index (χ1v) is 6.66. The fraction of sp³-hybridized carbons (Fsp3) is 0.333. The smallest absolute Gasteiger partial charge is 0.299 e. The molecule has 5 nitrogen and oxygen atoms in total. The summed E-state index contributed by atoms with van der Waals surface area (Å²) < 4.78 is 11.3. The highest BCUT2D eigenvalue weighted by atomic mass is 32.1. The van der Waals surface area contributed by atoms with Crippen LogP contribution in [0.25, 0.3) is 0 Å². The van der Waals surface area contributed by atoms with Crippen LogP contribution in [-0.2, 0) is 4.74 Å². The largest absolute Gasteiger partial charge is 0.430 e. The SMILES string of the molecule is c1cc(Oc2nncs2)cc([C@@H]2CNCCO2)c1. The van der Waals surface area contributed by atoms with E-state index < -0.39 is 0 Å². The summed E-state index contributed by atoms with van der Waals surface area (Å²) in [7, 11) is 0. The van der Waals surface area contributed by atoms with Crippen molar-refractivity contribution in [2.24, 2.45) is 0 Å². The standard InChI is InChI=1S/C12H13N3O2S/c1-2-9(11-7-13-4-5-16-11)6-10(3-1)17-12-15-14-8-18-12/h1-3,6,8,11,13H,4-5,7H2/t11-/m0/s1. The molecule has 0 unspecified atom stereocenters. The highest BCUT2D eigenvalue weighted by molar-refractivity contribution is 7.11. The number of rotatable bonds is 3. The Balaban J connectivity index is 1.76. The van der Waals surface area contributed by atoms with Gasteiger partial charge in [0.2, 0.25) is 0 Å². The van der Waals surface area contributed by atoms with E-state index in [1.165, 1.54) is 11.3 Å². The molecule has 1 saturated heterocycles. The van der Waals surface area contributed by atoms with Crippen molar-refractivity contribution in [3.05, 3.63) is 35.3 Å². The highest BCUT2D eigenvalue weighted by Crippen LogP contribution is 2.26. The predicted octanol–water partition coefficient (Wildman–Crippen LogP) is 1.99. The first kappa shape index (κ1) is 11.6. The van der Waals surface area contributed by atoms with Gasteiger partial charge in [-0.15, -0.1) is 5.10 Å². The lowest BCUT2D eigenvalue weighted by Gasteiger charge is -2.24. The summed E-state index contributed by atoms with van der Waals surface area (Å²) in [6.07, 6.45) is 0.0942. The number of nitrogens with one attached hydrogen (secondary N) is 1. The van der Waals surface area contributed by atoms with Crippen molar-refractivity contribution < 1.29 is 9.47 Å². The molecular weight excluding hydrogens is 250 g/mol. The number of aromatic nitrogens is 2. The van der Waals surface area contributed by atoms with Crippen LogP contribution in [0, 0.1) is 0 Å². The van der Waals surface area contributed by atoms with Crippen LogP contribution >= 0.6 is 11.3 Å². The second kappa shape index (κ2) is 5.43. The van der Waals surface area contributed by atoms with Crippen molar-refractivity contribution in [1.29, 1.82) is 0 Å². The number of benzene rings is 1. The number of nitrogens with zero attached hydrogens (tertiary/aromatic N) is 2. The van der Waals surface area contributed by atoms with Gasteiger partial charge in [-0.2, -0.15) is 0 Å². The van der Waals surface area contributed by atoms with Crippen molar-refractivity contribution in [2.45, 2.75) is 6.10 Å². The maximum atomic E-state index is 5.71. The molecule has 0 saturated carbocycles. The molecule has 0 amide bonds. The fourth-order valence-corrected chi connectivity index (χ4v) is 2.29. The molecule has 1 atom stereocenters. The van der Waals surface area contributed by atoms with Crippen molar-refractivity contribution in [1.82, 2.24) is 15.5 Å². The maximum Gasteiger partial charge on any atom is 0.299 e. The summed E-state index contributed by atoms with van der Waals surface area (Å²) in [5, 5.41) is 11.5. The quantitative estimate of drug-likeness (QED) is 0.917. The van der Waals surface area contributed by atoms with Gasteiger partial charge in [-0.05, 0) is 17.7 Å². The van der Waals surface area contributed by atoms with Crippen LogP contribution in [0.3, 0.4) is 0 Å². The third-order valence-electron chi connectivity index (χ3n) is 2.70. The summed E-state index contributed by atoms with van der Waals surface area (Å²) in [6, 6.07) is 7.90. The van der Waals surface area contributed by atoms with Crippen molar-refractivity contribution in [3.8, 4) is 10.9 Å². The Kier molecular flexibility index (Phi) is 3.49. The first-order valence-electron chi connectivity index (χ1n) is 5.78. The van der Waals surface area contributed by atoms with Gasteiger partial charge in [0.25, 0.3) is 5.19 Å². The molecule has 6 heteroatoms. The zero-order valence-corrected chi connectivity index (χ0v) is 10.5. The van der Waals surface area contributed by atoms with E-state index in [1.807, 2.05) is 24.3 Å². The van der Waals surface area contributed by atoms with Gasteiger partial charge < -0.3 is 14.8 Å². The zero-order valence-electron chi connectivity index (χ0n) is 9.70. The molecule has 18 heavy (non-hydrogen) atoms. The minimum absolute atomic E-state index is 0.0942. The van der Waals surface area contributed by atoms with Gasteiger partial charge in [0.1, 0.15) is 11.3 Å². The molecule has 0 spiro atoms. The summed E-state index contributed by atoms with van der Waals surface area (Å²) in [5.41, 5.74) is 2.76. The molecule has 2 heterocycles. The number of hydrogen-bond donors (Lipinski definition) is 1. The Hall–Kier alpha value is -1.50. The number of morpholine rings is 1. The molecule has 1 aromatic heterocycles. The molecule has 3 rings (SSSR count). The van der Waals surface area contributed by atoms with Gasteiger partial charge in [0, 0.05) is 13.1 Å². The first-order chi connectivity index (χ1) is 8.92. The highest BCUT2D eigenvalue weighted by Gasteiger charge is 2.16. The second-order valence-corrected chi connectivity index (χ2v) is 4.74. The van der Waals surface area contributed by atoms with Crippen molar-refractivity contribution in [3.63, 3.8) is 0 Å². The van der Waals surface area contributed by atoms with E-state index in [4.69, 9.17) is 9.47 Å². The summed E-state index contributed by atoms with van der Waals surface area (Å²) >= 11 is 1.37.